The number of carbonyl (C=O) groups is 1. The third kappa shape index (κ3) is 2.47. The highest BCUT2D eigenvalue weighted by molar-refractivity contribution is 5.84. The van der Waals surface area contributed by atoms with Crippen LogP contribution in [-0.4, -0.2) is 30.3 Å². The summed E-state index contributed by atoms with van der Waals surface area (Å²) in [6.45, 7) is 0. The number of hydrogen-bond donors (Lipinski definition) is 4. The van der Waals surface area contributed by atoms with Gasteiger partial charge in [0.1, 0.15) is 0 Å². The van der Waals surface area contributed by atoms with Gasteiger partial charge in [0.25, 0.3) is 11.7 Å². The second kappa shape index (κ2) is 5.00. The predicted molar refractivity (Wildman–Crippen MR) is 58.0 cm³/mol. The van der Waals surface area contributed by atoms with Crippen LogP contribution in [0.15, 0.2) is 18.2 Å². The van der Waals surface area contributed by atoms with Crippen molar-refractivity contribution in [2.45, 2.75) is 5.79 Å². The molecule has 1 amide bonds. The van der Waals surface area contributed by atoms with E-state index in [9.17, 15) is 15.0 Å². The standard InChI is InChI=1S/C10H14N2O5/c1-16-7-4-3-6(5-8(7)17-2)10(14,15)9(13)12-11/h3-5,14-15H,11H2,1-2H3,(H,12,13). The minimum absolute atomic E-state index is 0.0851. The molecule has 94 valence electrons. The Labute approximate surface area is 97.7 Å². The molecule has 7 nitrogen and oxygen atoms in total. The molecular weight excluding hydrogens is 228 g/mol. The van der Waals surface area contributed by atoms with Crippen LogP contribution in [0.1, 0.15) is 5.56 Å². The molecule has 0 aromatic heterocycles. The van der Waals surface area contributed by atoms with E-state index < -0.39 is 11.7 Å². The van der Waals surface area contributed by atoms with E-state index in [0.717, 1.165) is 0 Å². The molecule has 1 aromatic rings. The van der Waals surface area contributed by atoms with Gasteiger partial charge in [-0.1, -0.05) is 0 Å². The third-order valence-corrected chi connectivity index (χ3v) is 2.23. The van der Waals surface area contributed by atoms with Crippen LogP contribution in [0.2, 0.25) is 0 Å². The number of hydrazine groups is 1. The summed E-state index contributed by atoms with van der Waals surface area (Å²) in [5, 5.41) is 19.2. The van der Waals surface area contributed by atoms with E-state index in [4.69, 9.17) is 15.3 Å². The molecule has 0 aliphatic heterocycles. The minimum Gasteiger partial charge on any atom is -0.493 e. The summed E-state index contributed by atoms with van der Waals surface area (Å²) in [6.07, 6.45) is 0. The molecule has 0 fully saturated rings. The second-order valence-electron chi connectivity index (χ2n) is 3.22. The summed E-state index contributed by atoms with van der Waals surface area (Å²) in [4.78, 5) is 11.2. The number of rotatable bonds is 4. The van der Waals surface area contributed by atoms with Gasteiger partial charge in [-0.25, -0.2) is 5.84 Å². The van der Waals surface area contributed by atoms with Gasteiger partial charge in [0.05, 0.1) is 14.2 Å². The first-order valence-corrected chi connectivity index (χ1v) is 4.65. The molecule has 0 aliphatic carbocycles. The molecular formula is C10H14N2O5. The van der Waals surface area contributed by atoms with Gasteiger partial charge < -0.3 is 19.7 Å². The first-order valence-electron chi connectivity index (χ1n) is 4.65. The van der Waals surface area contributed by atoms with Crippen LogP contribution in [0.25, 0.3) is 0 Å². The van der Waals surface area contributed by atoms with Gasteiger partial charge in [-0.3, -0.25) is 10.2 Å². The number of ether oxygens (including phenoxy) is 2. The average molecular weight is 242 g/mol. The molecule has 17 heavy (non-hydrogen) atoms. The molecule has 0 unspecified atom stereocenters. The van der Waals surface area contributed by atoms with Crippen LogP contribution in [-0.2, 0) is 10.6 Å². The fourth-order valence-corrected chi connectivity index (χ4v) is 1.28. The van der Waals surface area contributed by atoms with Crippen LogP contribution >= 0.6 is 0 Å². The highest BCUT2D eigenvalue weighted by Gasteiger charge is 2.35. The van der Waals surface area contributed by atoms with Gasteiger partial charge in [0.15, 0.2) is 11.5 Å². The number of carbonyl (C=O) groups excluding carboxylic acids is 1. The van der Waals surface area contributed by atoms with Crippen LogP contribution in [0.5, 0.6) is 11.5 Å². The van der Waals surface area contributed by atoms with E-state index in [0.29, 0.717) is 5.75 Å². The molecule has 0 spiro atoms. The van der Waals surface area contributed by atoms with Crippen molar-refractivity contribution in [2.24, 2.45) is 5.84 Å². The van der Waals surface area contributed by atoms with Crippen molar-refractivity contribution in [1.82, 2.24) is 5.43 Å². The van der Waals surface area contributed by atoms with Gasteiger partial charge in [-0.2, -0.15) is 0 Å². The number of benzene rings is 1. The van der Waals surface area contributed by atoms with E-state index in [1.54, 1.807) is 5.43 Å². The predicted octanol–water partition coefficient (Wildman–Crippen LogP) is -1.17. The summed E-state index contributed by atoms with van der Waals surface area (Å²) in [5.74, 6) is 1.64. The lowest BCUT2D eigenvalue weighted by Crippen LogP contribution is -2.47. The maximum absolute atomic E-state index is 11.2. The fourth-order valence-electron chi connectivity index (χ4n) is 1.28. The smallest absolute Gasteiger partial charge is 0.298 e. The average Bonchev–Trinajstić information content (AvgIpc) is 2.36. The lowest BCUT2D eigenvalue weighted by Gasteiger charge is -2.20. The van der Waals surface area contributed by atoms with Crippen molar-refractivity contribution in [2.75, 3.05) is 14.2 Å². The summed E-state index contributed by atoms with van der Waals surface area (Å²) in [7, 11) is 2.83. The number of aliphatic hydroxyl groups is 2. The molecule has 0 aliphatic rings. The lowest BCUT2D eigenvalue weighted by atomic mass is 10.0. The Bertz CT molecular complexity index is 419. The number of nitrogens with one attached hydrogen (secondary N) is 1. The zero-order valence-electron chi connectivity index (χ0n) is 9.43. The highest BCUT2D eigenvalue weighted by atomic mass is 16.5. The van der Waals surface area contributed by atoms with Gasteiger partial charge in [0, 0.05) is 5.56 Å². The number of methoxy groups -OCH3 is 2. The molecule has 1 aromatic carbocycles. The Morgan fingerprint density at radius 3 is 2.35 bits per heavy atom. The van der Waals surface area contributed by atoms with Crippen molar-refractivity contribution in [3.05, 3.63) is 23.8 Å². The zero-order chi connectivity index (χ0) is 13.1. The van der Waals surface area contributed by atoms with Crippen LogP contribution in [0.4, 0.5) is 0 Å². The maximum atomic E-state index is 11.2. The van der Waals surface area contributed by atoms with Gasteiger partial charge in [0.2, 0.25) is 0 Å². The quantitative estimate of drug-likeness (QED) is 0.229. The van der Waals surface area contributed by atoms with E-state index >= 15 is 0 Å². The summed E-state index contributed by atoms with van der Waals surface area (Å²) in [6, 6.07) is 4.03. The van der Waals surface area contributed by atoms with Crippen LogP contribution < -0.4 is 20.7 Å². The van der Waals surface area contributed by atoms with Crippen molar-refractivity contribution < 1.29 is 24.5 Å². The number of amides is 1. The molecule has 0 heterocycles. The van der Waals surface area contributed by atoms with Crippen molar-refractivity contribution in [3.63, 3.8) is 0 Å². The van der Waals surface area contributed by atoms with Gasteiger partial charge in [-0.05, 0) is 18.2 Å². The first kappa shape index (κ1) is 13.2. The Morgan fingerprint density at radius 1 is 1.29 bits per heavy atom. The largest absolute Gasteiger partial charge is 0.493 e. The molecule has 0 saturated carbocycles. The third-order valence-electron chi connectivity index (χ3n) is 2.23. The second-order valence-corrected chi connectivity index (χ2v) is 3.22. The normalized spacial score (nSPS) is 10.9. The molecule has 1 rings (SSSR count). The lowest BCUT2D eigenvalue weighted by molar-refractivity contribution is -0.189. The van der Waals surface area contributed by atoms with E-state index in [-0.39, 0.29) is 11.3 Å². The van der Waals surface area contributed by atoms with Crippen LogP contribution in [0.3, 0.4) is 0 Å². The molecule has 0 radical (unpaired) electrons. The molecule has 0 bridgehead atoms. The SMILES string of the molecule is COc1ccc(C(O)(O)C(=O)NN)cc1OC. The van der Waals surface area contributed by atoms with E-state index in [2.05, 4.69) is 0 Å². The molecule has 5 N–H and O–H groups in total. The summed E-state index contributed by atoms with van der Waals surface area (Å²) in [5.41, 5.74) is 1.57. The van der Waals surface area contributed by atoms with Crippen LogP contribution in [0, 0.1) is 0 Å². The summed E-state index contributed by atoms with van der Waals surface area (Å²) >= 11 is 0. The molecule has 0 saturated heterocycles. The van der Waals surface area contributed by atoms with Crippen molar-refractivity contribution >= 4 is 5.91 Å². The van der Waals surface area contributed by atoms with Gasteiger partial charge >= 0.3 is 0 Å². The minimum atomic E-state index is -2.73. The zero-order valence-corrected chi connectivity index (χ0v) is 9.43. The number of nitrogens with two attached hydrogens (primary N) is 1. The molecule has 0 atom stereocenters. The molecule has 7 heteroatoms. The Balaban J connectivity index is 3.19. The van der Waals surface area contributed by atoms with Crippen molar-refractivity contribution in [3.8, 4) is 11.5 Å². The topological polar surface area (TPSA) is 114 Å². The Hall–Kier alpha value is -1.83. The van der Waals surface area contributed by atoms with E-state index in [1.807, 2.05) is 0 Å². The van der Waals surface area contributed by atoms with Crippen molar-refractivity contribution in [1.29, 1.82) is 0 Å². The van der Waals surface area contributed by atoms with Gasteiger partial charge in [-0.15, -0.1) is 0 Å². The first-order chi connectivity index (χ1) is 7.97. The number of hydrogen-bond acceptors (Lipinski definition) is 6. The van der Waals surface area contributed by atoms with E-state index in [1.165, 1.54) is 32.4 Å². The fraction of sp³-hybridized carbons (Fsp3) is 0.300. The summed E-state index contributed by atoms with van der Waals surface area (Å²) < 4.78 is 9.95. The Kier molecular flexibility index (Phi) is 3.89. The Morgan fingerprint density at radius 2 is 1.88 bits per heavy atom. The monoisotopic (exact) mass is 242 g/mol. The maximum Gasteiger partial charge on any atom is 0.298 e. The highest BCUT2D eigenvalue weighted by Crippen LogP contribution is 2.31.